The lowest BCUT2D eigenvalue weighted by Gasteiger charge is -2.49. The van der Waals surface area contributed by atoms with Crippen molar-refractivity contribution in [3.05, 3.63) is 38.9 Å². The molecule has 0 saturated carbocycles. The maximum Gasteiger partial charge on any atom is 0.352 e. The van der Waals surface area contributed by atoms with Gasteiger partial charge in [-0.05, 0) is 17.1 Å². The quantitative estimate of drug-likeness (QED) is 0.0409. The Hall–Kier alpha value is -3.03. The molecule has 2 atom stereocenters. The van der Waals surface area contributed by atoms with Crippen LogP contribution in [0.3, 0.4) is 0 Å². The first kappa shape index (κ1) is 29.0. The van der Waals surface area contributed by atoms with Crippen molar-refractivity contribution in [1.82, 2.24) is 25.2 Å². The lowest BCUT2D eigenvalue weighted by molar-refractivity contribution is -0.150. The fraction of sp³-hybridized carbons (Fsp3) is 0.250. The summed E-state index contributed by atoms with van der Waals surface area (Å²) in [4.78, 5) is 51.3. The number of carboxylic acids is 1. The molecule has 0 unspecified atom stereocenters. The van der Waals surface area contributed by atoms with Crippen molar-refractivity contribution in [1.29, 1.82) is 0 Å². The minimum atomic E-state index is -1.29. The van der Waals surface area contributed by atoms with Gasteiger partial charge in [-0.1, -0.05) is 51.6 Å². The summed E-state index contributed by atoms with van der Waals surface area (Å²) in [6.45, 7) is 0.460. The van der Waals surface area contributed by atoms with Gasteiger partial charge in [-0.2, -0.15) is 0 Å². The molecular formula is C20H20ClN9O5S4. The first-order chi connectivity index (χ1) is 18.6. The summed E-state index contributed by atoms with van der Waals surface area (Å²) in [5.74, 6) is -1.68. The molecule has 0 radical (unpaired) electrons. The normalized spacial score (nSPS) is 19.3. The summed E-state index contributed by atoms with van der Waals surface area (Å²) in [5, 5.41) is 26.7. The number of carbonyl (C=O) groups excluding carboxylic acids is 2. The molecule has 2 aromatic rings. The highest BCUT2D eigenvalue weighted by molar-refractivity contribution is 8.02. The molecule has 0 aliphatic carbocycles. The number of nitrogen functional groups attached to an aromatic ring is 2. The molecular weight excluding hydrogens is 610 g/mol. The van der Waals surface area contributed by atoms with Crippen LogP contribution < -0.4 is 22.5 Å². The van der Waals surface area contributed by atoms with E-state index in [4.69, 9.17) is 28.8 Å². The van der Waals surface area contributed by atoms with E-state index >= 15 is 0 Å². The SMILES string of the molecule is NCCSc1nc(N)cc(SC=CC2=C(C(=O)O)N3C(=O)[C@@H](NC(=O)C(=NO)c4nc(N)sc4Cl)[C@H]3SC2)n1. The van der Waals surface area contributed by atoms with Gasteiger partial charge in [0.2, 0.25) is 0 Å². The van der Waals surface area contributed by atoms with Crippen molar-refractivity contribution >= 4 is 92.7 Å². The first-order valence-electron chi connectivity index (χ1n) is 10.8. The van der Waals surface area contributed by atoms with Crippen molar-refractivity contribution in [2.45, 2.75) is 21.6 Å². The number of fused-ring (bicyclic) bond motifs is 1. The third-order valence-electron chi connectivity index (χ3n) is 5.14. The number of β-lactam (4-membered cyclic amide) rings is 1. The zero-order valence-corrected chi connectivity index (χ0v) is 23.6. The summed E-state index contributed by atoms with van der Waals surface area (Å²) in [7, 11) is 0. The molecule has 206 valence electrons. The Morgan fingerprint density at radius 3 is 2.74 bits per heavy atom. The number of hydrogen-bond donors (Lipinski definition) is 6. The Morgan fingerprint density at radius 1 is 1.33 bits per heavy atom. The molecule has 1 saturated heterocycles. The van der Waals surface area contributed by atoms with E-state index in [1.165, 1.54) is 35.3 Å². The predicted octanol–water partition coefficient (Wildman–Crippen LogP) is 1.02. The second kappa shape index (κ2) is 12.4. The molecule has 39 heavy (non-hydrogen) atoms. The molecule has 14 nitrogen and oxygen atoms in total. The zero-order valence-electron chi connectivity index (χ0n) is 19.6. The fourth-order valence-electron chi connectivity index (χ4n) is 3.53. The third kappa shape index (κ3) is 6.25. The van der Waals surface area contributed by atoms with Crippen LogP contribution in [0.4, 0.5) is 10.9 Å². The van der Waals surface area contributed by atoms with Gasteiger partial charge in [-0.25, -0.2) is 19.7 Å². The molecule has 2 aliphatic heterocycles. The number of oxime groups is 1. The topological polar surface area (TPSA) is 236 Å². The van der Waals surface area contributed by atoms with Gasteiger partial charge in [0.05, 0.1) is 0 Å². The maximum atomic E-state index is 12.9. The number of aliphatic carboxylic acids is 1. The van der Waals surface area contributed by atoms with E-state index < -0.39 is 34.9 Å². The fourth-order valence-corrected chi connectivity index (χ4v) is 7.16. The van der Waals surface area contributed by atoms with E-state index in [0.29, 0.717) is 28.1 Å². The van der Waals surface area contributed by atoms with Crippen molar-refractivity contribution in [3.63, 3.8) is 0 Å². The highest BCUT2D eigenvalue weighted by Gasteiger charge is 2.54. The minimum Gasteiger partial charge on any atom is -0.477 e. The monoisotopic (exact) mass is 629 g/mol. The number of carbonyl (C=O) groups is 3. The second-order valence-electron chi connectivity index (χ2n) is 7.63. The molecule has 2 amide bonds. The lowest BCUT2D eigenvalue weighted by atomic mass is 10.0. The average molecular weight is 630 g/mol. The van der Waals surface area contributed by atoms with E-state index in [0.717, 1.165) is 16.2 Å². The lowest BCUT2D eigenvalue weighted by Crippen LogP contribution is -2.71. The summed E-state index contributed by atoms with van der Waals surface area (Å²) in [5.41, 5.74) is 16.5. The Kier molecular flexibility index (Phi) is 9.23. The van der Waals surface area contributed by atoms with Crippen LogP contribution in [0.15, 0.2) is 44.2 Å². The van der Waals surface area contributed by atoms with Gasteiger partial charge in [-0.15, -0.1) is 11.8 Å². The van der Waals surface area contributed by atoms with Gasteiger partial charge in [0.1, 0.15) is 38.0 Å². The summed E-state index contributed by atoms with van der Waals surface area (Å²) in [6.07, 6.45) is 1.59. The summed E-state index contributed by atoms with van der Waals surface area (Å²) in [6, 6.07) is 0.528. The number of nitrogens with two attached hydrogens (primary N) is 3. The number of halogens is 1. The number of amides is 2. The number of thioether (sulfide) groups is 3. The molecule has 0 bridgehead atoms. The number of nitrogens with one attached hydrogen (secondary N) is 1. The number of rotatable bonds is 10. The molecule has 9 N–H and O–H groups in total. The molecule has 2 aromatic heterocycles. The summed E-state index contributed by atoms with van der Waals surface area (Å²) < 4.78 is 0.0321. The summed E-state index contributed by atoms with van der Waals surface area (Å²) >= 11 is 10.7. The number of carboxylic acid groups (broad SMARTS) is 1. The van der Waals surface area contributed by atoms with E-state index in [2.05, 4.69) is 25.4 Å². The Morgan fingerprint density at radius 2 is 2.10 bits per heavy atom. The van der Waals surface area contributed by atoms with Crippen molar-refractivity contribution in [2.24, 2.45) is 10.9 Å². The van der Waals surface area contributed by atoms with Crippen LogP contribution in [0.2, 0.25) is 4.34 Å². The highest BCUT2D eigenvalue weighted by Crippen LogP contribution is 2.41. The largest absolute Gasteiger partial charge is 0.477 e. The Labute approximate surface area is 242 Å². The van der Waals surface area contributed by atoms with Gasteiger partial charge in [0.25, 0.3) is 11.8 Å². The highest BCUT2D eigenvalue weighted by atomic mass is 35.5. The van der Waals surface area contributed by atoms with Crippen molar-refractivity contribution in [2.75, 3.05) is 29.5 Å². The van der Waals surface area contributed by atoms with Gasteiger partial charge >= 0.3 is 5.97 Å². The minimum absolute atomic E-state index is 0.0321. The van der Waals surface area contributed by atoms with Crippen LogP contribution in [-0.2, 0) is 14.4 Å². The van der Waals surface area contributed by atoms with Gasteiger partial charge in [0.15, 0.2) is 16.0 Å². The zero-order chi connectivity index (χ0) is 28.3. The van der Waals surface area contributed by atoms with Gasteiger partial charge in [-0.3, -0.25) is 14.5 Å². The van der Waals surface area contributed by atoms with Crippen LogP contribution in [0, 0.1) is 0 Å². The molecule has 19 heteroatoms. The van der Waals surface area contributed by atoms with Crippen LogP contribution in [0.1, 0.15) is 5.69 Å². The molecule has 4 rings (SSSR count). The third-order valence-corrected chi connectivity index (χ3v) is 9.13. The Bertz CT molecular complexity index is 1420. The average Bonchev–Trinajstić information content (AvgIpc) is 3.22. The molecule has 2 aliphatic rings. The number of thiazole rings is 1. The predicted molar refractivity (Wildman–Crippen MR) is 151 cm³/mol. The van der Waals surface area contributed by atoms with Crippen LogP contribution in [0.5, 0.6) is 0 Å². The number of allylic oxidation sites excluding steroid dienone is 1. The second-order valence-corrected chi connectivity index (χ2v) is 12.4. The van der Waals surface area contributed by atoms with Gasteiger partial charge < -0.3 is 32.8 Å². The van der Waals surface area contributed by atoms with E-state index in [-0.39, 0.29) is 32.4 Å². The smallest absolute Gasteiger partial charge is 0.352 e. The number of hydrogen-bond acceptors (Lipinski definition) is 15. The maximum absolute atomic E-state index is 12.9. The van der Waals surface area contributed by atoms with Crippen molar-refractivity contribution < 1.29 is 24.7 Å². The molecule has 0 spiro atoms. The van der Waals surface area contributed by atoms with Crippen LogP contribution >= 0.6 is 58.2 Å². The molecule has 4 heterocycles. The van der Waals surface area contributed by atoms with Crippen LogP contribution in [0.25, 0.3) is 0 Å². The number of anilines is 2. The van der Waals surface area contributed by atoms with Crippen LogP contribution in [-0.4, -0.2) is 83.1 Å². The standard InChI is InChI=1S/C20H20ClN9O5S4/c21-14-10(28-19(24)39-14)11(29-35)15(31)27-12-16(32)30-13(18(33)34)7(6-38-17(12)30)1-3-36-9-5-8(23)25-20(26-9)37-4-2-22/h1,3,5,12,17,35H,2,4,6,22H2,(H2,24,28)(H,27,31)(H,33,34)(H2,23,25,26)/t12-,17-/m1/s1. The van der Waals surface area contributed by atoms with E-state index in [1.54, 1.807) is 17.6 Å². The van der Waals surface area contributed by atoms with E-state index in [1.807, 2.05) is 0 Å². The number of aromatic nitrogens is 3. The molecule has 0 aromatic carbocycles. The molecule has 1 fully saturated rings. The number of nitrogens with zero attached hydrogens (tertiary/aromatic N) is 5. The van der Waals surface area contributed by atoms with E-state index in [9.17, 15) is 24.7 Å². The first-order valence-corrected chi connectivity index (χ1v) is 14.9. The van der Waals surface area contributed by atoms with Crippen molar-refractivity contribution in [3.8, 4) is 0 Å². The van der Waals surface area contributed by atoms with Gasteiger partial charge in [0, 0.05) is 24.1 Å². The Balaban J connectivity index is 1.47.